The Morgan fingerprint density at radius 3 is 2.41 bits per heavy atom. The van der Waals surface area contributed by atoms with E-state index in [0.29, 0.717) is 10.6 Å². The molecular formula is C18H17ClO3. The molecule has 0 fully saturated rings. The first-order valence-corrected chi connectivity index (χ1v) is 7.37. The minimum atomic E-state index is -1.05. The zero-order valence-electron chi connectivity index (χ0n) is 12.2. The molecule has 2 aromatic rings. The Hall–Kier alpha value is -2.10. The van der Waals surface area contributed by atoms with Crippen molar-refractivity contribution in [3.8, 4) is 0 Å². The first-order valence-electron chi connectivity index (χ1n) is 6.99. The van der Waals surface area contributed by atoms with Crippen molar-refractivity contribution in [2.75, 3.05) is 6.61 Å². The molecule has 0 radical (unpaired) electrons. The average molecular weight is 317 g/mol. The molecule has 22 heavy (non-hydrogen) atoms. The summed E-state index contributed by atoms with van der Waals surface area (Å²) in [6.07, 6.45) is 0.572. The number of ether oxygens (including phenoxy) is 1. The number of hydrogen-bond acceptors (Lipinski definition) is 3. The van der Waals surface area contributed by atoms with Crippen LogP contribution in [0.5, 0.6) is 0 Å². The van der Waals surface area contributed by atoms with Gasteiger partial charge in [0.2, 0.25) is 0 Å². The number of hydrogen-bond donors (Lipinski definition) is 1. The summed E-state index contributed by atoms with van der Waals surface area (Å²) in [4.78, 5) is 12.2. The van der Waals surface area contributed by atoms with Gasteiger partial charge in [-0.15, -0.1) is 0 Å². The van der Waals surface area contributed by atoms with Gasteiger partial charge < -0.3 is 9.84 Å². The van der Waals surface area contributed by atoms with Crippen LogP contribution in [0.25, 0.3) is 6.08 Å². The van der Waals surface area contributed by atoms with Crippen molar-refractivity contribution in [2.45, 2.75) is 13.0 Å². The number of esters is 1. The van der Waals surface area contributed by atoms with Crippen LogP contribution in [0.3, 0.4) is 0 Å². The lowest BCUT2D eigenvalue weighted by molar-refractivity contribution is -0.139. The summed E-state index contributed by atoms with van der Waals surface area (Å²) in [6.45, 7) is 1.98. The third-order valence-corrected chi connectivity index (χ3v) is 3.37. The first kappa shape index (κ1) is 16.3. The summed E-state index contributed by atoms with van der Waals surface area (Å²) in [5, 5.41) is 11.1. The second-order valence-electron chi connectivity index (χ2n) is 4.68. The van der Waals surface area contributed by atoms with E-state index in [-0.39, 0.29) is 12.2 Å². The van der Waals surface area contributed by atoms with Gasteiger partial charge in [0.05, 0.1) is 12.2 Å². The van der Waals surface area contributed by atoms with Crippen molar-refractivity contribution < 1.29 is 14.6 Å². The predicted molar refractivity (Wildman–Crippen MR) is 87.5 cm³/mol. The van der Waals surface area contributed by atoms with E-state index in [0.717, 1.165) is 5.56 Å². The molecule has 0 aliphatic carbocycles. The lowest BCUT2D eigenvalue weighted by Gasteiger charge is -2.14. The molecule has 0 aliphatic heterocycles. The maximum absolute atomic E-state index is 12.2. The highest BCUT2D eigenvalue weighted by molar-refractivity contribution is 6.30. The smallest absolute Gasteiger partial charge is 0.337 e. The molecule has 0 saturated heterocycles. The summed E-state index contributed by atoms with van der Waals surface area (Å²) in [7, 11) is 0. The van der Waals surface area contributed by atoms with Crippen LogP contribution in [0.15, 0.2) is 60.2 Å². The number of benzene rings is 2. The van der Waals surface area contributed by atoms with Gasteiger partial charge in [-0.1, -0.05) is 54.1 Å². The monoisotopic (exact) mass is 316 g/mol. The van der Waals surface area contributed by atoms with Gasteiger partial charge in [0, 0.05) is 5.02 Å². The number of halogens is 1. The lowest BCUT2D eigenvalue weighted by atomic mass is 9.99. The molecule has 0 heterocycles. The topological polar surface area (TPSA) is 46.5 Å². The Labute approximate surface area is 134 Å². The second kappa shape index (κ2) is 7.78. The largest absolute Gasteiger partial charge is 0.463 e. The minimum absolute atomic E-state index is 0.190. The van der Waals surface area contributed by atoms with E-state index in [1.165, 1.54) is 0 Å². The fourth-order valence-electron chi connectivity index (χ4n) is 2.02. The Morgan fingerprint density at radius 2 is 1.82 bits per heavy atom. The van der Waals surface area contributed by atoms with E-state index in [1.54, 1.807) is 49.4 Å². The molecule has 4 heteroatoms. The molecule has 0 saturated carbocycles. The Balaban J connectivity index is 2.38. The van der Waals surface area contributed by atoms with Crippen LogP contribution in [-0.2, 0) is 9.53 Å². The fraction of sp³-hybridized carbons (Fsp3) is 0.167. The minimum Gasteiger partial charge on any atom is -0.463 e. The average Bonchev–Trinajstić information content (AvgIpc) is 2.54. The van der Waals surface area contributed by atoms with Gasteiger partial charge in [-0.25, -0.2) is 4.79 Å². The van der Waals surface area contributed by atoms with Crippen LogP contribution in [0.1, 0.15) is 24.2 Å². The summed E-state index contributed by atoms with van der Waals surface area (Å²) in [6, 6.07) is 16.0. The normalized spacial score (nSPS) is 12.8. The molecule has 0 aromatic heterocycles. The molecule has 3 nitrogen and oxygen atoms in total. The highest BCUT2D eigenvalue weighted by Gasteiger charge is 2.21. The second-order valence-corrected chi connectivity index (χ2v) is 5.12. The number of aliphatic hydroxyl groups excluding tert-OH is 1. The van der Waals surface area contributed by atoms with Crippen molar-refractivity contribution in [1.82, 2.24) is 0 Å². The number of carbonyl (C=O) groups excluding carboxylic acids is 1. The van der Waals surface area contributed by atoms with Gasteiger partial charge in [-0.05, 0) is 36.3 Å². The van der Waals surface area contributed by atoms with Crippen LogP contribution in [0.2, 0.25) is 5.02 Å². The molecule has 0 amide bonds. The van der Waals surface area contributed by atoms with Gasteiger partial charge >= 0.3 is 5.97 Å². The third-order valence-electron chi connectivity index (χ3n) is 3.11. The molecule has 0 aliphatic rings. The van der Waals surface area contributed by atoms with Gasteiger partial charge in [0.15, 0.2) is 0 Å². The summed E-state index contributed by atoms with van der Waals surface area (Å²) in [5.74, 6) is -0.534. The van der Waals surface area contributed by atoms with E-state index in [4.69, 9.17) is 16.3 Å². The summed E-state index contributed by atoms with van der Waals surface area (Å²) in [5.41, 5.74) is 1.59. The number of rotatable bonds is 5. The predicted octanol–water partition coefficient (Wildman–Crippen LogP) is 4.02. The molecule has 114 valence electrons. The van der Waals surface area contributed by atoms with Crippen LogP contribution in [0, 0.1) is 0 Å². The Bertz CT molecular complexity index is 648. The van der Waals surface area contributed by atoms with Crippen molar-refractivity contribution in [3.63, 3.8) is 0 Å². The highest BCUT2D eigenvalue weighted by Crippen LogP contribution is 2.25. The van der Waals surface area contributed by atoms with E-state index in [2.05, 4.69) is 0 Å². The standard InChI is InChI=1S/C18H17ClO3/c1-2-22-18(21)16(12-13-8-10-15(19)11-9-13)17(20)14-6-4-3-5-7-14/h3-12,17,20H,2H2,1H3/b16-12+. The van der Waals surface area contributed by atoms with Crippen LogP contribution in [0.4, 0.5) is 0 Å². The highest BCUT2D eigenvalue weighted by atomic mass is 35.5. The van der Waals surface area contributed by atoms with E-state index < -0.39 is 12.1 Å². The molecular weight excluding hydrogens is 300 g/mol. The SMILES string of the molecule is CCOC(=O)/C(=C/c1ccc(Cl)cc1)C(O)c1ccccc1. The van der Waals surface area contributed by atoms with Crippen LogP contribution in [-0.4, -0.2) is 17.7 Å². The molecule has 2 rings (SSSR count). The number of aliphatic hydroxyl groups is 1. The van der Waals surface area contributed by atoms with Crippen molar-refractivity contribution >= 4 is 23.6 Å². The van der Waals surface area contributed by atoms with Gasteiger partial charge in [-0.3, -0.25) is 0 Å². The quantitative estimate of drug-likeness (QED) is 0.669. The van der Waals surface area contributed by atoms with Gasteiger partial charge in [0.1, 0.15) is 6.10 Å². The van der Waals surface area contributed by atoms with E-state index >= 15 is 0 Å². The summed E-state index contributed by atoms with van der Waals surface area (Å²) < 4.78 is 5.05. The zero-order valence-corrected chi connectivity index (χ0v) is 13.0. The van der Waals surface area contributed by atoms with Crippen molar-refractivity contribution in [1.29, 1.82) is 0 Å². The molecule has 1 unspecified atom stereocenters. The van der Waals surface area contributed by atoms with Crippen molar-refractivity contribution in [2.24, 2.45) is 0 Å². The fourth-order valence-corrected chi connectivity index (χ4v) is 2.14. The van der Waals surface area contributed by atoms with Crippen molar-refractivity contribution in [3.05, 3.63) is 76.3 Å². The van der Waals surface area contributed by atoms with Crippen LogP contribution >= 0.6 is 11.6 Å². The summed E-state index contributed by atoms with van der Waals surface area (Å²) >= 11 is 5.86. The zero-order chi connectivity index (χ0) is 15.9. The van der Waals surface area contributed by atoms with Crippen LogP contribution < -0.4 is 0 Å². The Kier molecular flexibility index (Phi) is 5.75. The van der Waals surface area contributed by atoms with Gasteiger partial charge in [0.25, 0.3) is 0 Å². The first-order chi connectivity index (χ1) is 10.6. The Morgan fingerprint density at radius 1 is 1.18 bits per heavy atom. The molecule has 1 atom stereocenters. The maximum atomic E-state index is 12.2. The molecule has 0 spiro atoms. The molecule has 1 N–H and O–H groups in total. The number of carbonyl (C=O) groups is 1. The molecule has 0 bridgehead atoms. The third kappa shape index (κ3) is 4.20. The molecule has 2 aromatic carbocycles. The van der Waals surface area contributed by atoms with Gasteiger partial charge in [-0.2, -0.15) is 0 Å². The van der Waals surface area contributed by atoms with E-state index in [1.807, 2.05) is 18.2 Å². The lowest BCUT2D eigenvalue weighted by Crippen LogP contribution is -2.14. The maximum Gasteiger partial charge on any atom is 0.337 e. The van der Waals surface area contributed by atoms with E-state index in [9.17, 15) is 9.90 Å².